The number of hydrogen-bond donors (Lipinski definition) is 1. The summed E-state index contributed by atoms with van der Waals surface area (Å²) in [5.41, 5.74) is 2.47. The highest BCUT2D eigenvalue weighted by molar-refractivity contribution is 5.78. The van der Waals surface area contributed by atoms with Crippen LogP contribution in [0, 0.1) is 5.92 Å². The summed E-state index contributed by atoms with van der Waals surface area (Å²) >= 11 is 0. The summed E-state index contributed by atoms with van der Waals surface area (Å²) in [4.78, 5) is 30.2. The lowest BCUT2D eigenvalue weighted by Gasteiger charge is -2.34. The Labute approximate surface area is 169 Å². The molecule has 0 aromatic heterocycles. The van der Waals surface area contributed by atoms with Gasteiger partial charge in [-0.1, -0.05) is 38.1 Å². The number of nitrogens with one attached hydrogen (secondary N) is 1. The smallest absolute Gasteiger partial charge is 0.236 e. The molecule has 1 N–H and O–H groups in total. The minimum Gasteiger partial charge on any atom is -0.348 e. The summed E-state index contributed by atoms with van der Waals surface area (Å²) in [6.45, 7) is 10.6. The van der Waals surface area contributed by atoms with Crippen molar-refractivity contribution >= 4 is 11.8 Å². The Bertz CT molecular complexity index is 634. The van der Waals surface area contributed by atoms with Crippen LogP contribution in [0.5, 0.6) is 0 Å². The molecular formula is C22H36N4O2. The zero-order valence-electron chi connectivity index (χ0n) is 18.1. The van der Waals surface area contributed by atoms with Crippen molar-refractivity contribution in [3.8, 4) is 0 Å². The van der Waals surface area contributed by atoms with Gasteiger partial charge in [-0.15, -0.1) is 0 Å². The summed E-state index contributed by atoms with van der Waals surface area (Å²) in [6, 6.07) is 8.55. The summed E-state index contributed by atoms with van der Waals surface area (Å²) < 4.78 is 0. The van der Waals surface area contributed by atoms with Gasteiger partial charge >= 0.3 is 0 Å². The van der Waals surface area contributed by atoms with Crippen molar-refractivity contribution in [2.45, 2.75) is 33.2 Å². The highest BCUT2D eigenvalue weighted by Gasteiger charge is 2.21. The Balaban J connectivity index is 1.74. The zero-order valence-corrected chi connectivity index (χ0v) is 18.1. The fourth-order valence-electron chi connectivity index (χ4n) is 3.43. The molecule has 0 unspecified atom stereocenters. The maximum absolute atomic E-state index is 12.4. The van der Waals surface area contributed by atoms with E-state index < -0.39 is 0 Å². The van der Waals surface area contributed by atoms with Crippen LogP contribution in [-0.2, 0) is 16.0 Å². The molecule has 28 heavy (non-hydrogen) atoms. The molecule has 156 valence electrons. The minimum atomic E-state index is -0.000369. The van der Waals surface area contributed by atoms with Gasteiger partial charge in [0.15, 0.2) is 0 Å². The predicted molar refractivity (Wildman–Crippen MR) is 113 cm³/mol. The van der Waals surface area contributed by atoms with Gasteiger partial charge in [0.25, 0.3) is 0 Å². The molecule has 0 saturated carbocycles. The van der Waals surface area contributed by atoms with Crippen LogP contribution in [0.2, 0.25) is 0 Å². The highest BCUT2D eigenvalue weighted by Crippen LogP contribution is 2.15. The van der Waals surface area contributed by atoms with Crippen molar-refractivity contribution in [1.29, 1.82) is 0 Å². The van der Waals surface area contributed by atoms with E-state index in [1.165, 1.54) is 5.56 Å². The second-order valence-electron chi connectivity index (χ2n) is 8.47. The average molecular weight is 389 g/mol. The van der Waals surface area contributed by atoms with Crippen LogP contribution in [0.1, 0.15) is 37.9 Å². The Morgan fingerprint density at radius 1 is 0.964 bits per heavy atom. The maximum atomic E-state index is 12.4. The second-order valence-corrected chi connectivity index (χ2v) is 8.47. The lowest BCUT2D eigenvalue weighted by Crippen LogP contribution is -2.51. The van der Waals surface area contributed by atoms with Crippen LogP contribution in [0.15, 0.2) is 24.3 Å². The van der Waals surface area contributed by atoms with Gasteiger partial charge in [0.2, 0.25) is 11.8 Å². The molecule has 1 aromatic carbocycles. The summed E-state index contributed by atoms with van der Waals surface area (Å²) in [7, 11) is 3.56. The Hall–Kier alpha value is -1.92. The fourth-order valence-corrected chi connectivity index (χ4v) is 3.43. The van der Waals surface area contributed by atoms with Gasteiger partial charge in [-0.2, -0.15) is 0 Å². The second kappa shape index (κ2) is 10.6. The molecule has 1 atom stereocenters. The SMILES string of the molecule is CC(C)Cc1ccc([C@H](C)NC(=O)CN2CCN(CC(=O)N(C)C)CC2)cc1. The molecule has 1 aliphatic rings. The van der Waals surface area contributed by atoms with E-state index in [1.54, 1.807) is 19.0 Å². The van der Waals surface area contributed by atoms with Crippen LogP contribution >= 0.6 is 0 Å². The zero-order chi connectivity index (χ0) is 20.7. The summed E-state index contributed by atoms with van der Waals surface area (Å²) in [6.07, 6.45) is 1.08. The molecule has 2 rings (SSSR count). The first kappa shape index (κ1) is 22.4. The van der Waals surface area contributed by atoms with Crippen LogP contribution in [0.25, 0.3) is 0 Å². The van der Waals surface area contributed by atoms with Gasteiger partial charge in [-0.25, -0.2) is 0 Å². The lowest BCUT2D eigenvalue weighted by molar-refractivity contribution is -0.131. The number of rotatable bonds is 8. The van der Waals surface area contributed by atoms with E-state index >= 15 is 0 Å². The van der Waals surface area contributed by atoms with Crippen molar-refractivity contribution in [1.82, 2.24) is 20.0 Å². The van der Waals surface area contributed by atoms with E-state index in [9.17, 15) is 9.59 Å². The quantitative estimate of drug-likeness (QED) is 0.737. The third-order valence-corrected chi connectivity index (χ3v) is 5.19. The van der Waals surface area contributed by atoms with Gasteiger partial charge in [-0.05, 0) is 30.4 Å². The first-order valence-corrected chi connectivity index (χ1v) is 10.3. The standard InChI is InChI=1S/C22H36N4O2/c1-17(2)14-19-6-8-20(9-7-19)18(3)23-21(27)15-25-10-12-26(13-11-25)16-22(28)24(4)5/h6-9,17-18H,10-16H2,1-5H3,(H,23,27)/t18-/m0/s1. The molecular weight excluding hydrogens is 352 g/mol. The summed E-state index contributed by atoms with van der Waals surface area (Å²) in [5.74, 6) is 0.820. The summed E-state index contributed by atoms with van der Waals surface area (Å²) in [5, 5.41) is 3.11. The highest BCUT2D eigenvalue weighted by atomic mass is 16.2. The van der Waals surface area contributed by atoms with E-state index in [-0.39, 0.29) is 17.9 Å². The van der Waals surface area contributed by atoms with Gasteiger partial charge < -0.3 is 10.2 Å². The van der Waals surface area contributed by atoms with E-state index in [4.69, 9.17) is 0 Å². The largest absolute Gasteiger partial charge is 0.348 e. The Kier molecular flexibility index (Phi) is 8.45. The lowest BCUT2D eigenvalue weighted by atomic mass is 10.00. The van der Waals surface area contributed by atoms with Crippen molar-refractivity contribution < 1.29 is 9.59 Å². The molecule has 6 heteroatoms. The van der Waals surface area contributed by atoms with Crippen LogP contribution in [0.4, 0.5) is 0 Å². The number of benzene rings is 1. The van der Waals surface area contributed by atoms with Crippen LogP contribution in [0.3, 0.4) is 0 Å². The van der Waals surface area contributed by atoms with E-state index in [0.717, 1.165) is 38.2 Å². The molecule has 1 heterocycles. The van der Waals surface area contributed by atoms with Crippen molar-refractivity contribution in [3.63, 3.8) is 0 Å². The van der Waals surface area contributed by atoms with Gasteiger partial charge in [0, 0.05) is 40.3 Å². The number of carbonyl (C=O) groups excluding carboxylic acids is 2. The predicted octanol–water partition coefficient (Wildman–Crippen LogP) is 1.77. The van der Waals surface area contributed by atoms with Gasteiger partial charge in [-0.3, -0.25) is 19.4 Å². The maximum Gasteiger partial charge on any atom is 0.236 e. The molecule has 1 saturated heterocycles. The normalized spacial score (nSPS) is 16.8. The number of carbonyl (C=O) groups is 2. The van der Waals surface area contributed by atoms with Gasteiger partial charge in [0.05, 0.1) is 19.1 Å². The molecule has 0 radical (unpaired) electrons. The first-order valence-electron chi connectivity index (χ1n) is 10.3. The van der Waals surface area contributed by atoms with E-state index in [2.05, 4.69) is 53.2 Å². The third-order valence-electron chi connectivity index (χ3n) is 5.19. The molecule has 2 amide bonds. The number of hydrogen-bond acceptors (Lipinski definition) is 4. The minimum absolute atomic E-state index is 0.000369. The van der Waals surface area contributed by atoms with Crippen molar-refractivity contribution in [2.24, 2.45) is 5.92 Å². The van der Waals surface area contributed by atoms with E-state index in [0.29, 0.717) is 19.0 Å². The number of amides is 2. The molecule has 0 spiro atoms. The number of likely N-dealkylation sites (N-methyl/N-ethyl adjacent to an activating group) is 1. The molecule has 0 bridgehead atoms. The molecule has 1 aromatic rings. The Morgan fingerprint density at radius 2 is 1.50 bits per heavy atom. The number of nitrogens with zero attached hydrogens (tertiary/aromatic N) is 3. The van der Waals surface area contributed by atoms with Crippen molar-refractivity contribution in [2.75, 3.05) is 53.4 Å². The average Bonchev–Trinajstić information content (AvgIpc) is 2.63. The molecule has 1 aliphatic heterocycles. The van der Waals surface area contributed by atoms with E-state index in [1.807, 2.05) is 6.92 Å². The first-order chi connectivity index (χ1) is 13.2. The molecule has 6 nitrogen and oxygen atoms in total. The Morgan fingerprint density at radius 3 is 2.00 bits per heavy atom. The van der Waals surface area contributed by atoms with Crippen LogP contribution in [-0.4, -0.2) is 79.9 Å². The van der Waals surface area contributed by atoms with Gasteiger partial charge in [0.1, 0.15) is 0 Å². The molecule has 1 fully saturated rings. The number of piperazine rings is 1. The van der Waals surface area contributed by atoms with Crippen LogP contribution < -0.4 is 5.32 Å². The fraction of sp³-hybridized carbons (Fsp3) is 0.636. The topological polar surface area (TPSA) is 55.9 Å². The monoisotopic (exact) mass is 388 g/mol. The molecule has 0 aliphatic carbocycles. The van der Waals surface area contributed by atoms with Crippen molar-refractivity contribution in [3.05, 3.63) is 35.4 Å². The third kappa shape index (κ3) is 7.24.